The normalized spacial score (nSPS) is 29.4. The maximum atomic E-state index is 13.9. The maximum Gasteiger partial charge on any atom is 0.308 e. The van der Waals surface area contributed by atoms with E-state index < -0.39 is 91.3 Å². The fraction of sp³-hybridized carbons (Fsp3) is 0.543. The first-order valence-corrected chi connectivity index (χ1v) is 16.4. The van der Waals surface area contributed by atoms with Crippen LogP contribution in [0.2, 0.25) is 0 Å². The number of hydrogen-bond acceptors (Lipinski definition) is 15. The van der Waals surface area contributed by atoms with Crippen molar-refractivity contribution < 1.29 is 71.4 Å². The third kappa shape index (κ3) is 8.01. The van der Waals surface area contributed by atoms with Crippen LogP contribution in [-0.2, 0) is 68.3 Å². The molecule has 4 aliphatic rings. The Morgan fingerprint density at radius 2 is 1.55 bits per heavy atom. The van der Waals surface area contributed by atoms with Crippen LogP contribution in [0.15, 0.2) is 36.6 Å². The summed E-state index contributed by atoms with van der Waals surface area (Å²) >= 11 is 0. The van der Waals surface area contributed by atoms with E-state index in [0.717, 1.165) is 31.9 Å². The van der Waals surface area contributed by atoms with Gasteiger partial charge in [0.25, 0.3) is 5.91 Å². The molecule has 0 unspecified atom stereocenters. The first-order chi connectivity index (χ1) is 24.2. The molecule has 4 heterocycles. The average molecular weight is 716 g/mol. The summed E-state index contributed by atoms with van der Waals surface area (Å²) in [6.45, 7) is 9.80. The van der Waals surface area contributed by atoms with Crippen molar-refractivity contribution in [1.82, 2.24) is 4.90 Å². The van der Waals surface area contributed by atoms with Gasteiger partial charge < -0.3 is 47.5 Å². The minimum atomic E-state index is -1.52. The smallest absolute Gasteiger partial charge is 0.308 e. The molecule has 16 heteroatoms. The van der Waals surface area contributed by atoms with E-state index in [-0.39, 0.29) is 11.7 Å². The van der Waals surface area contributed by atoms with E-state index in [2.05, 4.69) is 6.58 Å². The van der Waals surface area contributed by atoms with Crippen LogP contribution in [0.1, 0.15) is 58.2 Å². The molecule has 1 amide bonds. The topological polar surface area (TPSA) is 189 Å². The van der Waals surface area contributed by atoms with Crippen molar-refractivity contribution in [1.29, 1.82) is 0 Å². The number of rotatable bonds is 10. The van der Waals surface area contributed by atoms with Gasteiger partial charge in [-0.05, 0) is 36.1 Å². The molecule has 0 bridgehead atoms. The van der Waals surface area contributed by atoms with Crippen molar-refractivity contribution in [2.75, 3.05) is 20.3 Å². The van der Waals surface area contributed by atoms with Gasteiger partial charge in [0.15, 0.2) is 29.8 Å². The van der Waals surface area contributed by atoms with E-state index in [1.165, 1.54) is 27.2 Å². The molecule has 1 aromatic carbocycles. The Morgan fingerprint density at radius 1 is 0.882 bits per heavy atom. The summed E-state index contributed by atoms with van der Waals surface area (Å²) in [6, 6.07) is 3.13. The number of benzene rings is 1. The first kappa shape index (κ1) is 37.3. The molecule has 0 aromatic heterocycles. The zero-order chi connectivity index (χ0) is 37.1. The lowest BCUT2D eigenvalue weighted by Crippen LogP contribution is -2.63. The van der Waals surface area contributed by atoms with Gasteiger partial charge in [-0.3, -0.25) is 28.8 Å². The summed E-state index contributed by atoms with van der Waals surface area (Å²) in [7, 11) is 1.48. The zero-order valence-corrected chi connectivity index (χ0v) is 29.1. The number of fused-ring (bicyclic) bond motifs is 4. The summed E-state index contributed by atoms with van der Waals surface area (Å²) < 4.78 is 51.0. The lowest BCUT2D eigenvalue weighted by molar-refractivity contribution is -0.342. The Hall–Kier alpha value is -4.96. The van der Waals surface area contributed by atoms with Gasteiger partial charge in [0.1, 0.15) is 12.7 Å². The zero-order valence-electron chi connectivity index (χ0n) is 29.1. The fourth-order valence-corrected chi connectivity index (χ4v) is 7.04. The highest BCUT2D eigenvalue weighted by Gasteiger charge is 2.55. The molecular formula is C35H41NO15. The van der Waals surface area contributed by atoms with Gasteiger partial charge in [-0.1, -0.05) is 6.08 Å². The Labute approximate surface area is 293 Å². The molecule has 9 atom stereocenters. The van der Waals surface area contributed by atoms with Gasteiger partial charge in [0.05, 0.1) is 25.0 Å². The number of esters is 5. The molecule has 0 N–H and O–H groups in total. The quantitative estimate of drug-likeness (QED) is 0.148. The molecule has 0 saturated carbocycles. The van der Waals surface area contributed by atoms with Crippen LogP contribution in [0.3, 0.4) is 0 Å². The third-order valence-corrected chi connectivity index (χ3v) is 9.02. The van der Waals surface area contributed by atoms with Gasteiger partial charge in [-0.25, -0.2) is 0 Å². The van der Waals surface area contributed by atoms with E-state index in [4.69, 9.17) is 42.6 Å². The Balaban J connectivity index is 1.48. The Bertz CT molecular complexity index is 1620. The molecular weight excluding hydrogens is 674 g/mol. The van der Waals surface area contributed by atoms with Crippen molar-refractivity contribution >= 4 is 35.8 Å². The minimum absolute atomic E-state index is 0.233. The molecule has 2 fully saturated rings. The van der Waals surface area contributed by atoms with Crippen molar-refractivity contribution in [2.45, 2.75) is 90.5 Å². The van der Waals surface area contributed by atoms with E-state index in [1.54, 1.807) is 17.0 Å². The van der Waals surface area contributed by atoms with Crippen LogP contribution >= 0.6 is 0 Å². The van der Waals surface area contributed by atoms with Gasteiger partial charge in [0, 0.05) is 53.0 Å². The van der Waals surface area contributed by atoms with E-state index >= 15 is 0 Å². The SMILES string of the molecule is C=C[C@H]1[C@H](O[C@@H]2O[C@H](COC(C)=O)[C@@H](OC(C)=O)[C@H](OC(C)=O)[C@H]2OC(C)=O)OC=C2C(=O)N3CCc4cc(OC)c(OC(C)=O)cc4[C@@H]3C[C@H]21. The van der Waals surface area contributed by atoms with Crippen LogP contribution < -0.4 is 9.47 Å². The molecule has 51 heavy (non-hydrogen) atoms. The molecule has 276 valence electrons. The van der Waals surface area contributed by atoms with E-state index in [1.807, 2.05) is 6.07 Å². The monoisotopic (exact) mass is 715 g/mol. The van der Waals surface area contributed by atoms with Crippen LogP contribution in [0.5, 0.6) is 11.5 Å². The average Bonchev–Trinajstić information content (AvgIpc) is 3.05. The number of carbonyl (C=O) groups excluding carboxylic acids is 6. The van der Waals surface area contributed by atoms with Crippen molar-refractivity contribution in [3.8, 4) is 11.5 Å². The first-order valence-electron chi connectivity index (χ1n) is 16.4. The predicted octanol–water partition coefficient (Wildman–Crippen LogP) is 2.21. The fourth-order valence-electron chi connectivity index (χ4n) is 7.04. The highest BCUT2D eigenvalue weighted by molar-refractivity contribution is 5.95. The van der Waals surface area contributed by atoms with Crippen molar-refractivity contribution in [3.63, 3.8) is 0 Å². The van der Waals surface area contributed by atoms with Gasteiger partial charge >= 0.3 is 29.8 Å². The second kappa shape index (κ2) is 15.5. The maximum absolute atomic E-state index is 13.9. The number of hydrogen-bond donors (Lipinski definition) is 0. The number of amides is 1. The summed E-state index contributed by atoms with van der Waals surface area (Å²) in [6.07, 6.45) is -4.35. The molecule has 0 aliphatic carbocycles. The highest BCUT2D eigenvalue weighted by Crippen LogP contribution is 2.49. The lowest BCUT2D eigenvalue weighted by atomic mass is 9.73. The van der Waals surface area contributed by atoms with Gasteiger partial charge in [-0.15, -0.1) is 6.58 Å². The minimum Gasteiger partial charge on any atom is -0.493 e. The van der Waals surface area contributed by atoms with Crippen molar-refractivity contribution in [2.24, 2.45) is 11.8 Å². The summed E-state index contributed by atoms with van der Waals surface area (Å²) in [5.41, 5.74) is 2.14. The molecule has 1 aromatic rings. The number of nitrogens with zero attached hydrogens (tertiary/aromatic N) is 1. The Kier molecular flexibility index (Phi) is 11.3. The summed E-state index contributed by atoms with van der Waals surface area (Å²) in [5, 5.41) is 0. The van der Waals surface area contributed by atoms with Crippen LogP contribution in [0, 0.1) is 11.8 Å². The largest absolute Gasteiger partial charge is 0.493 e. The standard InChI is InChI=1S/C35H41NO15/c1-8-22-24-12-26-23-13-28(46-17(3)38)27(43-7)11-21(23)9-10-36(26)33(42)25(24)14-45-34(22)51-35-32(49-20(6)41)31(48-19(5)40)30(47-18(4)39)29(50-35)15-44-16(2)37/h8,11,13-14,22,24,26,29-32,34-35H,1,9-10,12,15H2,2-7H3/t22-,24+,26+,29-,30-,31+,32-,34+,35+/m1/s1. The molecule has 4 aliphatic heterocycles. The molecule has 0 radical (unpaired) electrons. The van der Waals surface area contributed by atoms with E-state index in [9.17, 15) is 28.8 Å². The molecule has 5 rings (SSSR count). The van der Waals surface area contributed by atoms with Gasteiger partial charge in [0.2, 0.25) is 12.6 Å². The number of piperidine rings is 1. The van der Waals surface area contributed by atoms with Crippen molar-refractivity contribution in [3.05, 3.63) is 47.7 Å². The van der Waals surface area contributed by atoms with Crippen LogP contribution in [0.25, 0.3) is 0 Å². The lowest BCUT2D eigenvalue weighted by Gasteiger charge is -2.49. The Morgan fingerprint density at radius 3 is 2.16 bits per heavy atom. The van der Waals surface area contributed by atoms with E-state index in [0.29, 0.717) is 30.7 Å². The third-order valence-electron chi connectivity index (χ3n) is 9.02. The predicted molar refractivity (Wildman–Crippen MR) is 170 cm³/mol. The second-order valence-electron chi connectivity index (χ2n) is 12.5. The second-order valence-corrected chi connectivity index (χ2v) is 12.5. The van der Waals surface area contributed by atoms with Crippen LogP contribution in [-0.4, -0.2) is 97.9 Å². The summed E-state index contributed by atoms with van der Waals surface area (Å²) in [4.78, 5) is 76.0. The highest BCUT2D eigenvalue weighted by atomic mass is 16.8. The summed E-state index contributed by atoms with van der Waals surface area (Å²) in [5.74, 6) is -4.31. The molecule has 16 nitrogen and oxygen atoms in total. The van der Waals surface area contributed by atoms with Crippen LogP contribution in [0.4, 0.5) is 0 Å². The number of methoxy groups -OCH3 is 1. The molecule has 2 saturated heterocycles. The van der Waals surface area contributed by atoms with Gasteiger partial charge in [-0.2, -0.15) is 0 Å². The number of ether oxygens (including phenoxy) is 9. The number of carbonyl (C=O) groups is 6. The molecule has 0 spiro atoms.